The molecule has 3 saturated carbocycles. The Morgan fingerprint density at radius 3 is 1.75 bits per heavy atom. The summed E-state index contributed by atoms with van der Waals surface area (Å²) in [5.41, 5.74) is 0. The van der Waals surface area contributed by atoms with Gasteiger partial charge in [-0.3, -0.25) is 14.4 Å². The second-order valence-corrected chi connectivity index (χ2v) is 9.47. The lowest BCUT2D eigenvalue weighted by Gasteiger charge is -2.34. The Balaban J connectivity index is 1.41. The largest absolute Gasteiger partial charge is 0.353 e. The molecule has 0 radical (unpaired) electrons. The van der Waals surface area contributed by atoms with Crippen LogP contribution in [0.4, 0.5) is 0 Å². The molecular formula is C23H38N2O3. The van der Waals surface area contributed by atoms with Gasteiger partial charge in [0.2, 0.25) is 5.91 Å². The maximum absolute atomic E-state index is 12.9. The van der Waals surface area contributed by atoms with Crippen molar-refractivity contribution in [3.63, 3.8) is 0 Å². The molecule has 2 unspecified atom stereocenters. The van der Waals surface area contributed by atoms with Crippen LogP contribution in [0.1, 0.15) is 84.0 Å². The van der Waals surface area contributed by atoms with Crippen molar-refractivity contribution in [2.75, 3.05) is 7.05 Å². The van der Waals surface area contributed by atoms with Crippen LogP contribution >= 0.6 is 0 Å². The highest BCUT2D eigenvalue weighted by Gasteiger charge is 2.35. The first-order valence-corrected chi connectivity index (χ1v) is 11.5. The van der Waals surface area contributed by atoms with E-state index in [0.29, 0.717) is 18.2 Å². The third-order valence-electron chi connectivity index (χ3n) is 7.63. The standard InChI is InChI=1S/C23H38N2O3/c1-15(26)18-4-3-5-19(14-18)23(28)25-21-12-8-17(9-13-21)22(27)16-6-10-20(24-2)11-7-16/h16-21,24H,3-14H2,1-2H3,(H,25,28). The van der Waals surface area contributed by atoms with E-state index in [4.69, 9.17) is 0 Å². The summed E-state index contributed by atoms with van der Waals surface area (Å²) in [7, 11) is 2.01. The fourth-order valence-corrected chi connectivity index (χ4v) is 5.64. The normalized spacial score (nSPS) is 36.5. The Morgan fingerprint density at radius 1 is 0.679 bits per heavy atom. The molecule has 158 valence electrons. The van der Waals surface area contributed by atoms with Gasteiger partial charge in [0.05, 0.1) is 0 Å². The molecule has 5 nitrogen and oxygen atoms in total. The van der Waals surface area contributed by atoms with Crippen molar-refractivity contribution >= 4 is 17.5 Å². The lowest BCUT2D eigenvalue weighted by molar-refractivity contribution is -0.129. The summed E-state index contributed by atoms with van der Waals surface area (Å²) in [6.45, 7) is 1.65. The third-order valence-corrected chi connectivity index (χ3v) is 7.63. The highest BCUT2D eigenvalue weighted by atomic mass is 16.2. The van der Waals surface area contributed by atoms with Gasteiger partial charge in [0.1, 0.15) is 11.6 Å². The minimum absolute atomic E-state index is 0.00985. The van der Waals surface area contributed by atoms with Crippen LogP contribution in [0.25, 0.3) is 0 Å². The monoisotopic (exact) mass is 390 g/mol. The van der Waals surface area contributed by atoms with E-state index in [1.807, 2.05) is 7.05 Å². The summed E-state index contributed by atoms with van der Waals surface area (Å²) in [6.07, 6.45) is 11.5. The summed E-state index contributed by atoms with van der Waals surface area (Å²) >= 11 is 0. The zero-order chi connectivity index (χ0) is 20.1. The Morgan fingerprint density at radius 2 is 1.21 bits per heavy atom. The number of amides is 1. The van der Waals surface area contributed by atoms with E-state index in [1.165, 1.54) is 0 Å². The quantitative estimate of drug-likeness (QED) is 0.729. The fraction of sp³-hybridized carbons (Fsp3) is 0.870. The predicted molar refractivity (Wildman–Crippen MR) is 110 cm³/mol. The summed E-state index contributed by atoms with van der Waals surface area (Å²) in [5, 5.41) is 6.56. The molecule has 0 aromatic carbocycles. The van der Waals surface area contributed by atoms with Gasteiger partial charge in [0.15, 0.2) is 0 Å². The molecule has 0 saturated heterocycles. The molecule has 0 spiro atoms. The summed E-state index contributed by atoms with van der Waals surface area (Å²) < 4.78 is 0. The van der Waals surface area contributed by atoms with E-state index in [9.17, 15) is 14.4 Å². The van der Waals surface area contributed by atoms with Gasteiger partial charge in [-0.05, 0) is 84.6 Å². The molecule has 3 aliphatic rings. The molecule has 3 rings (SSSR count). The highest BCUT2D eigenvalue weighted by Crippen LogP contribution is 2.34. The van der Waals surface area contributed by atoms with Gasteiger partial charge in [-0.2, -0.15) is 0 Å². The maximum atomic E-state index is 12.9. The smallest absolute Gasteiger partial charge is 0.223 e. The van der Waals surface area contributed by atoms with Crippen molar-refractivity contribution < 1.29 is 14.4 Å². The van der Waals surface area contributed by atoms with Crippen LogP contribution in [-0.2, 0) is 14.4 Å². The van der Waals surface area contributed by atoms with E-state index in [0.717, 1.165) is 70.6 Å². The van der Waals surface area contributed by atoms with Crippen LogP contribution in [0.2, 0.25) is 0 Å². The Bertz CT molecular complexity index is 560. The van der Waals surface area contributed by atoms with Crippen LogP contribution in [-0.4, -0.2) is 36.6 Å². The Hall–Kier alpha value is -1.23. The summed E-state index contributed by atoms with van der Waals surface area (Å²) in [6, 6.07) is 0.784. The Kier molecular flexibility index (Phi) is 7.67. The van der Waals surface area contributed by atoms with Gasteiger partial charge in [0.25, 0.3) is 0 Å². The molecule has 1 amide bonds. The van der Waals surface area contributed by atoms with E-state index < -0.39 is 0 Å². The molecular weight excluding hydrogens is 352 g/mol. The molecule has 2 N–H and O–H groups in total. The number of hydrogen-bond acceptors (Lipinski definition) is 4. The average Bonchev–Trinajstić information content (AvgIpc) is 2.74. The van der Waals surface area contributed by atoms with Crippen molar-refractivity contribution in [2.45, 2.75) is 96.1 Å². The fourth-order valence-electron chi connectivity index (χ4n) is 5.64. The third kappa shape index (κ3) is 5.43. The number of carbonyl (C=O) groups excluding carboxylic acids is 3. The zero-order valence-corrected chi connectivity index (χ0v) is 17.7. The van der Waals surface area contributed by atoms with Crippen molar-refractivity contribution in [1.29, 1.82) is 0 Å². The first kappa shape index (κ1) is 21.5. The molecule has 0 aromatic heterocycles. The summed E-state index contributed by atoms with van der Waals surface area (Å²) in [4.78, 5) is 37.2. The summed E-state index contributed by atoms with van der Waals surface area (Å²) in [5.74, 6) is 1.34. The first-order valence-electron chi connectivity index (χ1n) is 11.5. The van der Waals surface area contributed by atoms with E-state index in [-0.39, 0.29) is 41.4 Å². The first-order chi connectivity index (χ1) is 13.5. The molecule has 0 bridgehead atoms. The number of nitrogens with one attached hydrogen (secondary N) is 2. The van der Waals surface area contributed by atoms with Gasteiger partial charge >= 0.3 is 0 Å². The molecule has 3 fully saturated rings. The van der Waals surface area contributed by atoms with Gasteiger partial charge in [0, 0.05) is 35.8 Å². The maximum Gasteiger partial charge on any atom is 0.223 e. The SMILES string of the molecule is CNC1CCC(C(=O)C2CCC(NC(=O)C3CCCC(C(C)=O)C3)CC2)CC1. The van der Waals surface area contributed by atoms with E-state index in [1.54, 1.807) is 6.92 Å². The molecule has 5 heteroatoms. The topological polar surface area (TPSA) is 75.3 Å². The van der Waals surface area contributed by atoms with Gasteiger partial charge in [-0.15, -0.1) is 0 Å². The highest BCUT2D eigenvalue weighted by molar-refractivity contribution is 5.84. The van der Waals surface area contributed by atoms with Crippen LogP contribution in [0.3, 0.4) is 0 Å². The van der Waals surface area contributed by atoms with E-state index >= 15 is 0 Å². The minimum Gasteiger partial charge on any atom is -0.353 e. The minimum atomic E-state index is -0.00985. The van der Waals surface area contributed by atoms with Gasteiger partial charge < -0.3 is 10.6 Å². The van der Waals surface area contributed by atoms with Crippen molar-refractivity contribution in [3.8, 4) is 0 Å². The number of Topliss-reactive ketones (excluding diaryl/α,β-unsaturated/α-hetero) is 2. The second-order valence-electron chi connectivity index (χ2n) is 9.47. The Labute approximate surface area is 169 Å². The molecule has 0 aliphatic heterocycles. The predicted octanol–water partition coefficient (Wildman–Crippen LogP) is 3.40. The molecule has 0 aromatic rings. The van der Waals surface area contributed by atoms with Crippen molar-refractivity contribution in [3.05, 3.63) is 0 Å². The number of rotatable bonds is 6. The number of hydrogen-bond donors (Lipinski definition) is 2. The lowest BCUT2D eigenvalue weighted by atomic mass is 9.74. The van der Waals surface area contributed by atoms with Crippen molar-refractivity contribution in [2.24, 2.45) is 23.7 Å². The average molecular weight is 391 g/mol. The molecule has 3 aliphatic carbocycles. The van der Waals surface area contributed by atoms with Crippen LogP contribution in [0.15, 0.2) is 0 Å². The van der Waals surface area contributed by atoms with Crippen LogP contribution in [0, 0.1) is 23.7 Å². The molecule has 28 heavy (non-hydrogen) atoms. The zero-order valence-electron chi connectivity index (χ0n) is 17.7. The number of ketones is 2. The van der Waals surface area contributed by atoms with Crippen LogP contribution < -0.4 is 10.6 Å². The van der Waals surface area contributed by atoms with Crippen LogP contribution in [0.5, 0.6) is 0 Å². The van der Waals surface area contributed by atoms with E-state index in [2.05, 4.69) is 10.6 Å². The molecule has 2 atom stereocenters. The van der Waals surface area contributed by atoms with Crippen molar-refractivity contribution in [1.82, 2.24) is 10.6 Å². The van der Waals surface area contributed by atoms with Gasteiger partial charge in [-0.25, -0.2) is 0 Å². The molecule has 0 heterocycles. The lowest BCUT2D eigenvalue weighted by Crippen LogP contribution is -2.43. The second kappa shape index (κ2) is 10.00. The number of carbonyl (C=O) groups is 3. The van der Waals surface area contributed by atoms with Gasteiger partial charge in [-0.1, -0.05) is 6.42 Å².